The van der Waals surface area contributed by atoms with Crippen molar-refractivity contribution in [1.29, 1.82) is 0 Å². The molecule has 116 valence electrons. The number of benzene rings is 1. The minimum atomic E-state index is -0.853. The fourth-order valence-electron chi connectivity index (χ4n) is 2.48. The molecule has 0 amide bonds. The molecule has 0 fully saturated rings. The molecule has 0 saturated carbocycles. The Bertz CT molecular complexity index is 409. The summed E-state index contributed by atoms with van der Waals surface area (Å²) in [6.45, 7) is 3.55. The van der Waals surface area contributed by atoms with Gasteiger partial charge in [-0.3, -0.25) is 0 Å². The van der Waals surface area contributed by atoms with Crippen molar-refractivity contribution < 1.29 is 9.90 Å². The van der Waals surface area contributed by atoms with E-state index in [4.69, 9.17) is 5.11 Å². The summed E-state index contributed by atoms with van der Waals surface area (Å²) in [7, 11) is 0. The molecule has 0 spiro atoms. The summed E-state index contributed by atoms with van der Waals surface area (Å²) in [6, 6.07) is 10.7. The van der Waals surface area contributed by atoms with E-state index in [1.807, 2.05) is 0 Å². The van der Waals surface area contributed by atoms with Crippen molar-refractivity contribution in [1.82, 2.24) is 0 Å². The molecule has 21 heavy (non-hydrogen) atoms. The van der Waals surface area contributed by atoms with Crippen LogP contribution >= 0.6 is 0 Å². The van der Waals surface area contributed by atoms with E-state index in [2.05, 4.69) is 36.9 Å². The molecule has 1 rings (SSSR count). The van der Waals surface area contributed by atoms with Crippen LogP contribution in [0, 0.1) is 0 Å². The van der Waals surface area contributed by atoms with Crippen molar-refractivity contribution in [3.8, 4) is 0 Å². The number of carboxylic acid groups (broad SMARTS) is 1. The predicted octanol–water partition coefficient (Wildman–Crippen LogP) is 5.38. The summed E-state index contributed by atoms with van der Waals surface area (Å²) >= 11 is 0. The second kappa shape index (κ2) is 11.1. The Balaban J connectivity index is 1.85. The summed E-state index contributed by atoms with van der Waals surface area (Å²) in [5, 5.41) is 8.69. The number of aliphatic carboxylic acids is 1. The van der Waals surface area contributed by atoms with Gasteiger partial charge in [-0.05, 0) is 31.2 Å². The van der Waals surface area contributed by atoms with Crippen LogP contribution in [-0.2, 0) is 11.2 Å². The van der Waals surface area contributed by atoms with Gasteiger partial charge < -0.3 is 5.11 Å². The Kier molecular flexibility index (Phi) is 9.26. The molecule has 0 heterocycles. The standard InChI is InChI=1S/C19H28O2/c1-17(19(20)21)13-9-6-4-2-3-5-7-10-14-18-15-11-8-12-16-18/h8,11-12,15-16H,1-7,9-10,13-14H2,(H,20,21). The second-order valence-electron chi connectivity index (χ2n) is 5.72. The van der Waals surface area contributed by atoms with E-state index < -0.39 is 5.97 Å². The summed E-state index contributed by atoms with van der Waals surface area (Å²) in [5.41, 5.74) is 1.78. The van der Waals surface area contributed by atoms with Gasteiger partial charge in [0, 0.05) is 5.57 Å². The first-order valence-electron chi connectivity index (χ1n) is 8.15. The van der Waals surface area contributed by atoms with Gasteiger partial charge in [-0.2, -0.15) is 0 Å². The summed E-state index contributed by atoms with van der Waals surface area (Å²) in [6.07, 6.45) is 11.6. The van der Waals surface area contributed by atoms with Crippen molar-refractivity contribution in [3.05, 3.63) is 48.0 Å². The van der Waals surface area contributed by atoms with Crippen molar-refractivity contribution >= 4 is 5.97 Å². The third-order valence-electron chi connectivity index (χ3n) is 3.84. The van der Waals surface area contributed by atoms with E-state index in [9.17, 15) is 4.79 Å². The highest BCUT2D eigenvalue weighted by Crippen LogP contribution is 2.13. The number of carbonyl (C=O) groups is 1. The van der Waals surface area contributed by atoms with E-state index in [0.717, 1.165) is 12.8 Å². The Morgan fingerprint density at radius 1 is 0.857 bits per heavy atom. The van der Waals surface area contributed by atoms with Gasteiger partial charge in [0.2, 0.25) is 0 Å². The first kappa shape index (κ1) is 17.5. The van der Waals surface area contributed by atoms with Crippen LogP contribution in [-0.4, -0.2) is 11.1 Å². The minimum Gasteiger partial charge on any atom is -0.478 e. The van der Waals surface area contributed by atoms with Gasteiger partial charge in [0.15, 0.2) is 0 Å². The van der Waals surface area contributed by atoms with Crippen molar-refractivity contribution in [3.63, 3.8) is 0 Å². The average molecular weight is 288 g/mol. The maximum atomic E-state index is 10.6. The molecule has 1 N–H and O–H groups in total. The van der Waals surface area contributed by atoms with Crippen LogP contribution in [0.15, 0.2) is 42.5 Å². The molecule has 0 aliphatic heterocycles. The molecule has 0 aliphatic rings. The van der Waals surface area contributed by atoms with Gasteiger partial charge in [0.05, 0.1) is 0 Å². The summed E-state index contributed by atoms with van der Waals surface area (Å²) in [5.74, 6) is -0.853. The molecule has 1 aromatic carbocycles. The number of carboxylic acids is 1. The third-order valence-corrected chi connectivity index (χ3v) is 3.84. The van der Waals surface area contributed by atoms with Crippen LogP contribution in [0.3, 0.4) is 0 Å². The zero-order chi connectivity index (χ0) is 15.3. The van der Waals surface area contributed by atoms with Gasteiger partial charge in [0.25, 0.3) is 0 Å². The number of rotatable bonds is 12. The van der Waals surface area contributed by atoms with Gasteiger partial charge in [-0.25, -0.2) is 4.79 Å². The van der Waals surface area contributed by atoms with Crippen LogP contribution < -0.4 is 0 Å². The first-order chi connectivity index (χ1) is 10.2. The van der Waals surface area contributed by atoms with Crippen LogP contribution in [0.5, 0.6) is 0 Å². The van der Waals surface area contributed by atoms with E-state index >= 15 is 0 Å². The maximum absolute atomic E-state index is 10.6. The lowest BCUT2D eigenvalue weighted by Gasteiger charge is -2.03. The highest BCUT2D eigenvalue weighted by molar-refractivity contribution is 5.85. The van der Waals surface area contributed by atoms with E-state index in [0.29, 0.717) is 12.0 Å². The van der Waals surface area contributed by atoms with Gasteiger partial charge in [0.1, 0.15) is 0 Å². The molecule has 0 aliphatic carbocycles. The largest absolute Gasteiger partial charge is 0.478 e. The van der Waals surface area contributed by atoms with E-state index in [1.54, 1.807) is 0 Å². The Morgan fingerprint density at radius 2 is 1.38 bits per heavy atom. The quantitative estimate of drug-likeness (QED) is 0.414. The highest BCUT2D eigenvalue weighted by atomic mass is 16.4. The average Bonchev–Trinajstić information content (AvgIpc) is 2.49. The van der Waals surface area contributed by atoms with Gasteiger partial charge in [-0.15, -0.1) is 0 Å². The molecule has 1 aromatic rings. The molecule has 2 nitrogen and oxygen atoms in total. The molecule has 0 bridgehead atoms. The molecule has 0 saturated heterocycles. The van der Waals surface area contributed by atoms with Gasteiger partial charge in [-0.1, -0.05) is 75.4 Å². The molecule has 0 atom stereocenters. The van der Waals surface area contributed by atoms with Gasteiger partial charge >= 0.3 is 5.97 Å². The molecule has 0 aromatic heterocycles. The molecular weight excluding hydrogens is 260 g/mol. The summed E-state index contributed by atoms with van der Waals surface area (Å²) in [4.78, 5) is 10.6. The van der Waals surface area contributed by atoms with Crippen LogP contribution in [0.2, 0.25) is 0 Å². The second-order valence-corrected chi connectivity index (χ2v) is 5.72. The molecule has 2 heteroatoms. The van der Waals surface area contributed by atoms with Crippen LogP contribution in [0.4, 0.5) is 0 Å². The number of hydrogen-bond acceptors (Lipinski definition) is 1. The van der Waals surface area contributed by atoms with E-state index in [-0.39, 0.29) is 0 Å². The van der Waals surface area contributed by atoms with Crippen LogP contribution in [0.1, 0.15) is 63.4 Å². The van der Waals surface area contributed by atoms with Crippen molar-refractivity contribution in [2.45, 2.75) is 64.2 Å². The lowest BCUT2D eigenvalue weighted by atomic mass is 10.0. The van der Waals surface area contributed by atoms with Crippen LogP contribution in [0.25, 0.3) is 0 Å². The monoisotopic (exact) mass is 288 g/mol. The molecule has 0 unspecified atom stereocenters. The fraction of sp³-hybridized carbons (Fsp3) is 0.526. The minimum absolute atomic E-state index is 0.343. The lowest BCUT2D eigenvalue weighted by Crippen LogP contribution is -1.98. The fourth-order valence-corrected chi connectivity index (χ4v) is 2.48. The molecule has 0 radical (unpaired) electrons. The summed E-state index contributed by atoms with van der Waals surface area (Å²) < 4.78 is 0. The highest BCUT2D eigenvalue weighted by Gasteiger charge is 2.02. The smallest absolute Gasteiger partial charge is 0.330 e. The number of hydrogen-bond donors (Lipinski definition) is 1. The Morgan fingerprint density at radius 3 is 1.95 bits per heavy atom. The number of aryl methyl sites for hydroxylation is 1. The zero-order valence-corrected chi connectivity index (χ0v) is 13.0. The maximum Gasteiger partial charge on any atom is 0.330 e. The normalized spacial score (nSPS) is 10.5. The predicted molar refractivity (Wildman–Crippen MR) is 88.5 cm³/mol. The van der Waals surface area contributed by atoms with Crippen molar-refractivity contribution in [2.75, 3.05) is 0 Å². The first-order valence-corrected chi connectivity index (χ1v) is 8.15. The Labute approximate surface area is 128 Å². The Hall–Kier alpha value is -1.57. The van der Waals surface area contributed by atoms with E-state index in [1.165, 1.54) is 50.5 Å². The lowest BCUT2D eigenvalue weighted by molar-refractivity contribution is -0.132. The topological polar surface area (TPSA) is 37.3 Å². The van der Waals surface area contributed by atoms with Crippen molar-refractivity contribution in [2.24, 2.45) is 0 Å². The SMILES string of the molecule is C=C(CCCCCCCCCCc1ccccc1)C(=O)O. The zero-order valence-electron chi connectivity index (χ0n) is 13.0. The number of unbranched alkanes of at least 4 members (excludes halogenated alkanes) is 7. The molecular formula is C19H28O2. The third kappa shape index (κ3) is 9.06.